The van der Waals surface area contributed by atoms with Crippen LogP contribution in [0.15, 0.2) is 53.5 Å². The lowest BCUT2D eigenvalue weighted by atomic mass is 10.2. The van der Waals surface area contributed by atoms with Crippen molar-refractivity contribution < 1.29 is 23.0 Å². The minimum atomic E-state index is -2.85. The van der Waals surface area contributed by atoms with Crippen LogP contribution in [0.2, 0.25) is 0 Å². The Morgan fingerprint density at radius 3 is 2.61 bits per heavy atom. The van der Waals surface area contributed by atoms with Crippen molar-refractivity contribution in [2.45, 2.75) is 19.6 Å². The summed E-state index contributed by atoms with van der Waals surface area (Å²) in [5.74, 6) is 1.40. The third kappa shape index (κ3) is 7.79. The van der Waals surface area contributed by atoms with E-state index in [1.54, 1.807) is 26.3 Å². The summed E-state index contributed by atoms with van der Waals surface area (Å²) in [5.41, 5.74) is 1.60. The fourth-order valence-corrected chi connectivity index (χ4v) is 2.39. The molecule has 28 heavy (non-hydrogen) atoms. The molecule has 2 aromatic rings. The molecular weight excluding hydrogens is 368 g/mol. The number of benzene rings is 2. The third-order valence-corrected chi connectivity index (χ3v) is 3.67. The molecule has 0 bridgehead atoms. The van der Waals surface area contributed by atoms with E-state index in [1.165, 1.54) is 6.07 Å². The van der Waals surface area contributed by atoms with E-state index in [0.717, 1.165) is 23.4 Å². The zero-order valence-electron chi connectivity index (χ0n) is 16.0. The summed E-state index contributed by atoms with van der Waals surface area (Å²) < 4.78 is 39.8. The number of anilines is 1. The molecule has 0 spiro atoms. The predicted molar refractivity (Wildman–Crippen MR) is 105 cm³/mol. The van der Waals surface area contributed by atoms with Crippen LogP contribution in [0, 0.1) is 0 Å². The molecule has 0 aromatic heterocycles. The van der Waals surface area contributed by atoms with E-state index in [0.29, 0.717) is 25.7 Å². The molecule has 2 aromatic carbocycles. The first-order chi connectivity index (χ1) is 13.6. The van der Waals surface area contributed by atoms with Gasteiger partial charge in [0.1, 0.15) is 11.5 Å². The Balaban J connectivity index is 1.89. The molecule has 0 heterocycles. The van der Waals surface area contributed by atoms with Crippen LogP contribution >= 0.6 is 0 Å². The van der Waals surface area contributed by atoms with Crippen molar-refractivity contribution in [2.75, 3.05) is 32.7 Å². The Morgan fingerprint density at radius 1 is 1.07 bits per heavy atom. The first kappa shape index (κ1) is 21.4. The summed E-state index contributed by atoms with van der Waals surface area (Å²) in [5, 5.41) is 6.30. The molecule has 0 atom stereocenters. The number of rotatable bonds is 10. The van der Waals surface area contributed by atoms with Crippen molar-refractivity contribution in [2.24, 2.45) is 4.99 Å². The van der Waals surface area contributed by atoms with E-state index < -0.39 is 6.61 Å². The van der Waals surface area contributed by atoms with Gasteiger partial charge in [0.25, 0.3) is 0 Å². The summed E-state index contributed by atoms with van der Waals surface area (Å²) >= 11 is 0. The zero-order chi connectivity index (χ0) is 20.2. The monoisotopic (exact) mass is 393 g/mol. The second-order valence-corrected chi connectivity index (χ2v) is 5.80. The molecule has 0 amide bonds. The first-order valence-corrected chi connectivity index (χ1v) is 8.84. The van der Waals surface area contributed by atoms with Gasteiger partial charge in [-0.3, -0.25) is 4.99 Å². The lowest BCUT2D eigenvalue weighted by Gasteiger charge is -2.14. The molecule has 8 heteroatoms. The summed E-state index contributed by atoms with van der Waals surface area (Å²) in [6, 6.07) is 14.0. The van der Waals surface area contributed by atoms with Crippen molar-refractivity contribution in [1.82, 2.24) is 5.32 Å². The van der Waals surface area contributed by atoms with Crippen molar-refractivity contribution in [3.05, 3.63) is 54.1 Å². The molecule has 152 valence electrons. The predicted octanol–water partition coefficient (Wildman–Crippen LogP) is 3.89. The van der Waals surface area contributed by atoms with E-state index in [4.69, 9.17) is 9.47 Å². The summed E-state index contributed by atoms with van der Waals surface area (Å²) in [6.07, 6.45) is 0.811. The summed E-state index contributed by atoms with van der Waals surface area (Å²) in [7, 11) is 3.31. The maximum absolute atomic E-state index is 12.3. The van der Waals surface area contributed by atoms with Gasteiger partial charge in [0.05, 0.1) is 6.61 Å². The second kappa shape index (κ2) is 11.8. The fourth-order valence-electron chi connectivity index (χ4n) is 2.39. The van der Waals surface area contributed by atoms with Crippen LogP contribution in [0.3, 0.4) is 0 Å². The van der Waals surface area contributed by atoms with Gasteiger partial charge in [-0.1, -0.05) is 18.2 Å². The standard InChI is InChI=1S/C20H25F2N3O3/c1-23-20(24-14-15-6-3-9-18(12-15)28-19(21)22)25-16-7-4-8-17(13-16)27-11-5-10-26-2/h3-4,6-9,12-13,19H,5,10-11,14H2,1-2H3,(H2,23,24,25). The molecule has 6 nitrogen and oxygen atoms in total. The number of alkyl halides is 2. The topological polar surface area (TPSA) is 64.1 Å². The molecule has 2 N–H and O–H groups in total. The highest BCUT2D eigenvalue weighted by Crippen LogP contribution is 2.18. The molecule has 0 radical (unpaired) electrons. The highest BCUT2D eigenvalue weighted by atomic mass is 19.3. The van der Waals surface area contributed by atoms with Gasteiger partial charge in [-0.25, -0.2) is 0 Å². The first-order valence-electron chi connectivity index (χ1n) is 8.84. The molecule has 0 fully saturated rings. The largest absolute Gasteiger partial charge is 0.493 e. The minimum Gasteiger partial charge on any atom is -0.493 e. The smallest absolute Gasteiger partial charge is 0.387 e. The van der Waals surface area contributed by atoms with Gasteiger partial charge in [0, 0.05) is 45.5 Å². The Morgan fingerprint density at radius 2 is 1.86 bits per heavy atom. The Labute approximate surface area is 163 Å². The molecule has 0 aliphatic heterocycles. The van der Waals surface area contributed by atoms with Crippen molar-refractivity contribution in [1.29, 1.82) is 0 Å². The van der Waals surface area contributed by atoms with Crippen LogP contribution in [0.5, 0.6) is 11.5 Å². The molecular formula is C20H25F2N3O3. The molecule has 0 saturated carbocycles. The minimum absolute atomic E-state index is 0.121. The SMILES string of the molecule is CN=C(NCc1cccc(OC(F)F)c1)Nc1cccc(OCCCOC)c1. The Kier molecular flexibility index (Phi) is 9.00. The third-order valence-electron chi connectivity index (χ3n) is 3.67. The van der Waals surface area contributed by atoms with E-state index in [1.807, 2.05) is 30.3 Å². The van der Waals surface area contributed by atoms with Crippen molar-refractivity contribution in [3.8, 4) is 11.5 Å². The van der Waals surface area contributed by atoms with E-state index >= 15 is 0 Å². The van der Waals surface area contributed by atoms with Crippen molar-refractivity contribution in [3.63, 3.8) is 0 Å². The second-order valence-electron chi connectivity index (χ2n) is 5.80. The van der Waals surface area contributed by atoms with E-state index in [-0.39, 0.29) is 5.75 Å². The number of nitrogens with one attached hydrogen (secondary N) is 2. The number of halogens is 2. The van der Waals surface area contributed by atoms with Crippen LogP contribution in [-0.4, -0.2) is 39.9 Å². The molecule has 2 rings (SSSR count). The number of hydrogen-bond acceptors (Lipinski definition) is 4. The van der Waals surface area contributed by atoms with E-state index in [2.05, 4.69) is 20.4 Å². The normalized spacial score (nSPS) is 11.4. The summed E-state index contributed by atoms with van der Waals surface area (Å²) in [4.78, 5) is 4.17. The number of ether oxygens (including phenoxy) is 3. The highest BCUT2D eigenvalue weighted by molar-refractivity contribution is 5.93. The fraction of sp³-hybridized carbons (Fsp3) is 0.350. The Bertz CT molecular complexity index is 757. The van der Waals surface area contributed by atoms with Gasteiger partial charge in [0.15, 0.2) is 5.96 Å². The van der Waals surface area contributed by atoms with Crippen LogP contribution in [-0.2, 0) is 11.3 Å². The maximum atomic E-state index is 12.3. The number of nitrogens with zero attached hydrogens (tertiary/aromatic N) is 1. The zero-order valence-corrected chi connectivity index (χ0v) is 16.0. The van der Waals surface area contributed by atoms with Crippen LogP contribution in [0.25, 0.3) is 0 Å². The van der Waals surface area contributed by atoms with Gasteiger partial charge in [0.2, 0.25) is 0 Å². The molecule has 0 saturated heterocycles. The molecule has 0 aliphatic carbocycles. The molecule has 0 unspecified atom stereocenters. The lowest BCUT2D eigenvalue weighted by molar-refractivity contribution is -0.0498. The van der Waals surface area contributed by atoms with Crippen LogP contribution in [0.4, 0.5) is 14.5 Å². The van der Waals surface area contributed by atoms with Crippen molar-refractivity contribution >= 4 is 11.6 Å². The lowest BCUT2D eigenvalue weighted by Crippen LogP contribution is -2.30. The van der Waals surface area contributed by atoms with E-state index in [9.17, 15) is 8.78 Å². The summed E-state index contributed by atoms with van der Waals surface area (Å²) in [6.45, 7) is -1.23. The van der Waals surface area contributed by atoms with Gasteiger partial charge >= 0.3 is 6.61 Å². The van der Waals surface area contributed by atoms with Crippen LogP contribution in [0.1, 0.15) is 12.0 Å². The van der Waals surface area contributed by atoms with Gasteiger partial charge in [-0.15, -0.1) is 0 Å². The molecule has 0 aliphatic rings. The average Bonchev–Trinajstić information content (AvgIpc) is 2.68. The average molecular weight is 393 g/mol. The number of aliphatic imine (C=N–C) groups is 1. The number of hydrogen-bond donors (Lipinski definition) is 2. The quantitative estimate of drug-likeness (QED) is 0.364. The number of guanidine groups is 1. The van der Waals surface area contributed by atoms with Crippen LogP contribution < -0.4 is 20.1 Å². The maximum Gasteiger partial charge on any atom is 0.387 e. The Hall–Kier alpha value is -2.87. The highest BCUT2D eigenvalue weighted by Gasteiger charge is 2.06. The van der Waals surface area contributed by atoms with Gasteiger partial charge in [-0.05, 0) is 29.8 Å². The number of methoxy groups -OCH3 is 1. The van der Waals surface area contributed by atoms with Gasteiger partial charge < -0.3 is 24.8 Å². The van der Waals surface area contributed by atoms with Gasteiger partial charge in [-0.2, -0.15) is 8.78 Å².